The Morgan fingerprint density at radius 2 is 1.31 bits per heavy atom. The highest BCUT2D eigenvalue weighted by atomic mass is 79.9. The number of hydrogen-bond acceptors (Lipinski definition) is 4. The Morgan fingerprint density at radius 3 is 1.74 bits per heavy atom. The third-order valence-electron chi connectivity index (χ3n) is 6.55. The lowest BCUT2D eigenvalue weighted by Gasteiger charge is -2.36. The summed E-state index contributed by atoms with van der Waals surface area (Å²) < 4.78 is 11.5. The molecule has 0 atom stereocenters. The fraction of sp³-hybridized carbons (Fsp3) is 0.417. The Bertz CT molecular complexity index is 1380. The second-order valence-electron chi connectivity index (χ2n) is 9.86. The molecule has 0 bridgehead atoms. The zero-order chi connectivity index (χ0) is 26.3. The average molecular weight is 665 g/mol. The first kappa shape index (κ1) is 28.6. The van der Waals surface area contributed by atoms with Crippen LogP contribution in [0.25, 0.3) is 21.8 Å². The molecule has 4 rings (SSSR count). The van der Waals surface area contributed by atoms with Gasteiger partial charge in [0.25, 0.3) is 0 Å². The molecule has 0 spiro atoms. The molecule has 0 radical (unpaired) electrons. The van der Waals surface area contributed by atoms with E-state index in [-0.39, 0.29) is 11.6 Å². The largest absolute Gasteiger partial charge is 0.411 e. The standard InChI is InChI=1S/C15H22BrClN2OSi.C9H8BrClN2O/c1-15(2,3)21(5,6)20-9-12-13-11(18-19(12)4)8-7-10(16)14(13)17;1-13-7(4-14)8-6(12-13)3-2-5(10)9(8)11/h7-8H,9H2,1-6H3;2-3,14H,4H2,1H3. The third-order valence-corrected chi connectivity index (χ3v) is 13.6. The van der Waals surface area contributed by atoms with E-state index in [1.54, 1.807) is 11.7 Å². The first-order valence-corrected chi connectivity index (χ1v) is 16.3. The topological polar surface area (TPSA) is 65.1 Å². The second-order valence-corrected chi connectivity index (χ2v) is 17.1. The number of benzene rings is 2. The molecule has 2 heterocycles. The molecule has 2 aromatic heterocycles. The van der Waals surface area contributed by atoms with Crippen LogP contribution in [0.5, 0.6) is 0 Å². The number of aryl methyl sites for hydroxylation is 2. The minimum Gasteiger partial charge on any atom is -0.411 e. The fourth-order valence-electron chi connectivity index (χ4n) is 3.38. The quantitative estimate of drug-likeness (QED) is 0.225. The average Bonchev–Trinajstić information content (AvgIpc) is 3.27. The van der Waals surface area contributed by atoms with Gasteiger partial charge >= 0.3 is 0 Å². The van der Waals surface area contributed by atoms with Gasteiger partial charge < -0.3 is 9.53 Å². The summed E-state index contributed by atoms with van der Waals surface area (Å²) in [4.78, 5) is 0. The highest BCUT2D eigenvalue weighted by Crippen LogP contribution is 2.39. The summed E-state index contributed by atoms with van der Waals surface area (Å²) in [5.74, 6) is 0. The molecular formula is C24H30Br2Cl2N4O2Si. The van der Waals surface area contributed by atoms with E-state index >= 15 is 0 Å². The van der Waals surface area contributed by atoms with Crippen molar-refractivity contribution in [3.63, 3.8) is 0 Å². The molecule has 1 N–H and O–H groups in total. The molecule has 0 unspecified atom stereocenters. The van der Waals surface area contributed by atoms with Gasteiger partial charge in [0.1, 0.15) is 0 Å². The predicted octanol–water partition coefficient (Wildman–Crippen LogP) is 7.99. The molecule has 35 heavy (non-hydrogen) atoms. The lowest BCUT2D eigenvalue weighted by atomic mass is 10.2. The van der Waals surface area contributed by atoms with Crippen LogP contribution in [0.3, 0.4) is 0 Å². The van der Waals surface area contributed by atoms with Crippen molar-refractivity contribution in [1.29, 1.82) is 0 Å². The van der Waals surface area contributed by atoms with Gasteiger partial charge in [-0.25, -0.2) is 0 Å². The van der Waals surface area contributed by atoms with Gasteiger partial charge in [0, 0.05) is 33.8 Å². The molecule has 0 aliphatic carbocycles. The zero-order valence-electron chi connectivity index (χ0n) is 20.9. The molecule has 0 aliphatic heterocycles. The first-order valence-electron chi connectivity index (χ1n) is 11.0. The summed E-state index contributed by atoms with van der Waals surface area (Å²) in [6, 6.07) is 7.61. The van der Waals surface area contributed by atoms with Crippen molar-refractivity contribution in [3.8, 4) is 0 Å². The number of fused-ring (bicyclic) bond motifs is 2. The van der Waals surface area contributed by atoms with E-state index in [9.17, 15) is 5.11 Å². The summed E-state index contributed by atoms with van der Waals surface area (Å²) in [6.45, 7) is 11.7. The Hall–Kier alpha value is -0.943. The minimum atomic E-state index is -1.80. The van der Waals surface area contributed by atoms with E-state index < -0.39 is 8.32 Å². The highest BCUT2D eigenvalue weighted by Gasteiger charge is 2.37. The Kier molecular flexibility index (Phi) is 8.84. The molecule has 2 aromatic carbocycles. The summed E-state index contributed by atoms with van der Waals surface area (Å²) >= 11 is 19.4. The van der Waals surface area contributed by atoms with E-state index in [2.05, 4.69) is 75.9 Å². The number of rotatable bonds is 4. The minimum absolute atomic E-state index is 0.0663. The lowest BCUT2D eigenvalue weighted by molar-refractivity contribution is 0.268. The molecule has 0 amide bonds. The van der Waals surface area contributed by atoms with Gasteiger partial charge in [0.2, 0.25) is 0 Å². The molecular weight excluding hydrogens is 635 g/mol. The molecule has 190 valence electrons. The van der Waals surface area contributed by atoms with Gasteiger partial charge in [-0.1, -0.05) is 44.0 Å². The molecule has 4 aromatic rings. The Morgan fingerprint density at radius 1 is 0.886 bits per heavy atom. The molecule has 11 heteroatoms. The van der Waals surface area contributed by atoms with Crippen molar-refractivity contribution in [2.24, 2.45) is 14.1 Å². The summed E-state index contributed by atoms with van der Waals surface area (Å²) in [6.07, 6.45) is 0. The molecule has 0 aliphatic rings. The van der Waals surface area contributed by atoms with Crippen LogP contribution in [0.15, 0.2) is 33.2 Å². The number of aliphatic hydroxyl groups excluding tert-OH is 1. The van der Waals surface area contributed by atoms with E-state index in [0.29, 0.717) is 16.7 Å². The highest BCUT2D eigenvalue weighted by molar-refractivity contribution is 9.10. The van der Waals surface area contributed by atoms with Crippen molar-refractivity contribution in [3.05, 3.63) is 54.6 Å². The van der Waals surface area contributed by atoms with Gasteiger partial charge in [-0.2, -0.15) is 10.2 Å². The van der Waals surface area contributed by atoms with Crippen LogP contribution in [0.2, 0.25) is 28.2 Å². The van der Waals surface area contributed by atoms with Crippen LogP contribution in [0, 0.1) is 0 Å². The fourth-order valence-corrected chi connectivity index (χ4v) is 5.51. The molecule has 0 saturated heterocycles. The number of hydrogen-bond donors (Lipinski definition) is 1. The first-order chi connectivity index (χ1) is 16.2. The van der Waals surface area contributed by atoms with Crippen LogP contribution in [0.4, 0.5) is 0 Å². The van der Waals surface area contributed by atoms with Crippen molar-refractivity contribution < 1.29 is 9.53 Å². The number of aliphatic hydroxyl groups is 1. The SMILES string of the molecule is Cn1nc2ccc(Br)c(Cl)c2c1CO.Cn1nc2ccc(Br)c(Cl)c2c1CO[Si](C)(C)C(C)(C)C. The van der Waals surface area contributed by atoms with E-state index in [1.165, 1.54) is 0 Å². The summed E-state index contributed by atoms with van der Waals surface area (Å²) in [5, 5.41) is 21.2. The van der Waals surface area contributed by atoms with Crippen LogP contribution in [-0.4, -0.2) is 33.0 Å². The zero-order valence-corrected chi connectivity index (χ0v) is 26.6. The van der Waals surface area contributed by atoms with Crippen molar-refractivity contribution >= 4 is 85.2 Å². The Labute approximate surface area is 233 Å². The summed E-state index contributed by atoms with van der Waals surface area (Å²) in [5.41, 5.74) is 3.46. The van der Waals surface area contributed by atoms with Crippen molar-refractivity contribution in [2.45, 2.75) is 52.1 Å². The number of halogens is 4. The van der Waals surface area contributed by atoms with Crippen LogP contribution >= 0.6 is 55.1 Å². The van der Waals surface area contributed by atoms with Crippen LogP contribution in [-0.2, 0) is 31.7 Å². The summed E-state index contributed by atoms with van der Waals surface area (Å²) in [7, 11) is 1.93. The van der Waals surface area contributed by atoms with Crippen LogP contribution in [0.1, 0.15) is 32.2 Å². The van der Waals surface area contributed by atoms with Crippen molar-refractivity contribution in [2.75, 3.05) is 0 Å². The predicted molar refractivity (Wildman–Crippen MR) is 155 cm³/mol. The van der Waals surface area contributed by atoms with Gasteiger partial charge in [0.15, 0.2) is 8.32 Å². The lowest BCUT2D eigenvalue weighted by Crippen LogP contribution is -2.40. The molecule has 6 nitrogen and oxygen atoms in total. The van der Waals surface area contributed by atoms with E-state index in [1.807, 2.05) is 36.0 Å². The maximum absolute atomic E-state index is 9.19. The monoisotopic (exact) mass is 662 g/mol. The van der Waals surface area contributed by atoms with Gasteiger partial charge in [-0.15, -0.1) is 0 Å². The van der Waals surface area contributed by atoms with Gasteiger partial charge in [-0.3, -0.25) is 9.36 Å². The smallest absolute Gasteiger partial charge is 0.192 e. The maximum Gasteiger partial charge on any atom is 0.192 e. The molecule has 0 saturated carbocycles. The van der Waals surface area contributed by atoms with Crippen molar-refractivity contribution in [1.82, 2.24) is 19.6 Å². The van der Waals surface area contributed by atoms with Gasteiger partial charge in [0.05, 0.1) is 45.7 Å². The normalized spacial score (nSPS) is 12.3. The molecule has 0 fully saturated rings. The number of aromatic nitrogens is 4. The third kappa shape index (κ3) is 5.81. The second kappa shape index (κ2) is 10.8. The van der Waals surface area contributed by atoms with Crippen LogP contribution < -0.4 is 0 Å². The van der Waals surface area contributed by atoms with E-state index in [0.717, 1.165) is 42.1 Å². The Balaban J connectivity index is 0.000000211. The van der Waals surface area contributed by atoms with E-state index in [4.69, 9.17) is 27.6 Å². The number of nitrogens with zero attached hydrogens (tertiary/aromatic N) is 4. The maximum atomic E-state index is 9.19. The van der Waals surface area contributed by atoms with Gasteiger partial charge in [-0.05, 0) is 74.3 Å².